The van der Waals surface area contributed by atoms with Gasteiger partial charge in [-0.05, 0) is 32.0 Å². The minimum absolute atomic E-state index is 0.0301. The number of hydrogen-bond donors (Lipinski definition) is 1. The van der Waals surface area contributed by atoms with Crippen molar-refractivity contribution in [2.24, 2.45) is 0 Å². The molecule has 1 aromatic carbocycles. The fraction of sp³-hybridized carbons (Fsp3) is 0.476. The Kier molecular flexibility index (Phi) is 5.43. The quantitative estimate of drug-likeness (QED) is 0.851. The summed E-state index contributed by atoms with van der Waals surface area (Å²) in [7, 11) is 1.61. The topological polar surface area (TPSA) is 76.6 Å². The molecule has 1 aromatic heterocycles. The zero-order valence-electron chi connectivity index (χ0n) is 16.4. The summed E-state index contributed by atoms with van der Waals surface area (Å²) >= 11 is 0. The fourth-order valence-electron chi connectivity index (χ4n) is 3.78. The van der Waals surface area contributed by atoms with Crippen molar-refractivity contribution in [1.29, 1.82) is 0 Å². The fourth-order valence-corrected chi connectivity index (χ4v) is 3.78. The van der Waals surface area contributed by atoms with E-state index < -0.39 is 6.10 Å². The Morgan fingerprint density at radius 1 is 1.36 bits per heavy atom. The number of carbonyl (C=O) groups is 1. The van der Waals surface area contributed by atoms with E-state index in [0.717, 1.165) is 43.0 Å². The summed E-state index contributed by atoms with van der Waals surface area (Å²) in [5.41, 5.74) is 2.10. The van der Waals surface area contributed by atoms with Gasteiger partial charge in [0.1, 0.15) is 17.3 Å². The molecule has 148 valence electrons. The molecule has 2 atom stereocenters. The number of amides is 1. The second-order valence-corrected chi connectivity index (χ2v) is 7.34. The van der Waals surface area contributed by atoms with Gasteiger partial charge in [0.05, 0.1) is 12.8 Å². The number of rotatable bonds is 5. The minimum Gasteiger partial charge on any atom is -0.497 e. The first-order valence-electron chi connectivity index (χ1n) is 9.79. The average Bonchev–Trinajstić information content (AvgIpc) is 3.27. The molecular weight excluding hydrogens is 356 g/mol. The Morgan fingerprint density at radius 2 is 2.21 bits per heavy atom. The molecule has 4 rings (SSSR count). The normalized spacial score (nSPS) is 19.8. The zero-order chi connectivity index (χ0) is 19.5. The summed E-state index contributed by atoms with van der Waals surface area (Å²) in [6.45, 7) is 4.94. The molecule has 2 aliphatic heterocycles. The molecule has 2 unspecified atom stereocenters. The summed E-state index contributed by atoms with van der Waals surface area (Å²) in [6, 6.07) is 7.29. The van der Waals surface area contributed by atoms with Crippen LogP contribution in [0.3, 0.4) is 0 Å². The van der Waals surface area contributed by atoms with Gasteiger partial charge < -0.3 is 19.7 Å². The first-order valence-corrected chi connectivity index (χ1v) is 9.79. The van der Waals surface area contributed by atoms with Gasteiger partial charge in [0.2, 0.25) is 0 Å². The van der Waals surface area contributed by atoms with Crippen LogP contribution in [0.5, 0.6) is 11.5 Å². The van der Waals surface area contributed by atoms with Crippen LogP contribution in [-0.4, -0.2) is 53.6 Å². The Morgan fingerprint density at radius 3 is 3.00 bits per heavy atom. The van der Waals surface area contributed by atoms with Crippen molar-refractivity contribution in [3.8, 4) is 11.5 Å². The Hall–Kier alpha value is -2.67. The van der Waals surface area contributed by atoms with Crippen molar-refractivity contribution in [2.45, 2.75) is 38.3 Å². The van der Waals surface area contributed by atoms with Gasteiger partial charge in [-0.1, -0.05) is 6.07 Å². The number of benzene rings is 1. The molecule has 0 aliphatic carbocycles. The largest absolute Gasteiger partial charge is 0.497 e. The van der Waals surface area contributed by atoms with E-state index in [1.54, 1.807) is 20.1 Å². The molecule has 0 bridgehead atoms. The molecule has 1 amide bonds. The number of aromatic nitrogens is 2. The van der Waals surface area contributed by atoms with Crippen LogP contribution in [-0.2, 0) is 17.8 Å². The van der Waals surface area contributed by atoms with Crippen LogP contribution < -0.4 is 14.8 Å². The molecule has 7 heteroatoms. The van der Waals surface area contributed by atoms with Crippen LogP contribution in [0.1, 0.15) is 36.3 Å². The number of nitrogens with zero attached hydrogens (tertiary/aromatic N) is 3. The minimum atomic E-state index is -0.571. The van der Waals surface area contributed by atoms with Gasteiger partial charge in [0.15, 0.2) is 6.10 Å². The maximum atomic E-state index is 12.9. The van der Waals surface area contributed by atoms with Gasteiger partial charge in [-0.2, -0.15) is 0 Å². The smallest absolute Gasteiger partial charge is 0.263 e. The van der Waals surface area contributed by atoms with Crippen LogP contribution in [0.15, 0.2) is 30.5 Å². The van der Waals surface area contributed by atoms with E-state index in [1.807, 2.05) is 29.3 Å². The van der Waals surface area contributed by atoms with Crippen molar-refractivity contribution >= 4 is 5.91 Å². The Bertz CT molecular complexity index is 851. The van der Waals surface area contributed by atoms with E-state index in [4.69, 9.17) is 14.5 Å². The van der Waals surface area contributed by atoms with Gasteiger partial charge in [-0.15, -0.1) is 0 Å². The van der Waals surface area contributed by atoms with Crippen LogP contribution in [0.25, 0.3) is 0 Å². The van der Waals surface area contributed by atoms with Crippen molar-refractivity contribution in [2.75, 3.05) is 26.7 Å². The highest BCUT2D eigenvalue weighted by molar-refractivity contribution is 5.81. The summed E-state index contributed by atoms with van der Waals surface area (Å²) in [4.78, 5) is 24.0. The van der Waals surface area contributed by atoms with Crippen molar-refractivity contribution in [3.63, 3.8) is 0 Å². The van der Waals surface area contributed by atoms with E-state index in [9.17, 15) is 4.79 Å². The van der Waals surface area contributed by atoms with Crippen LogP contribution in [0, 0.1) is 0 Å². The number of nitrogens with one attached hydrogen (secondary N) is 1. The third-order valence-corrected chi connectivity index (χ3v) is 5.39. The van der Waals surface area contributed by atoms with Crippen LogP contribution in [0.4, 0.5) is 0 Å². The van der Waals surface area contributed by atoms with Gasteiger partial charge in [0.25, 0.3) is 5.91 Å². The number of fused-ring (bicyclic) bond motifs is 1. The number of ether oxygens (including phenoxy) is 2. The molecule has 1 saturated heterocycles. The van der Waals surface area contributed by atoms with E-state index in [-0.39, 0.29) is 5.91 Å². The lowest BCUT2D eigenvalue weighted by Gasteiger charge is -2.30. The highest BCUT2D eigenvalue weighted by atomic mass is 16.5. The lowest BCUT2D eigenvalue weighted by atomic mass is 10.0. The maximum Gasteiger partial charge on any atom is 0.263 e. The molecule has 28 heavy (non-hydrogen) atoms. The van der Waals surface area contributed by atoms with E-state index >= 15 is 0 Å². The van der Waals surface area contributed by atoms with Gasteiger partial charge >= 0.3 is 0 Å². The lowest BCUT2D eigenvalue weighted by molar-refractivity contribution is -0.138. The average molecular weight is 382 g/mol. The van der Waals surface area contributed by atoms with Gasteiger partial charge in [0, 0.05) is 49.8 Å². The van der Waals surface area contributed by atoms with E-state index in [2.05, 4.69) is 10.3 Å². The number of methoxy groups -OCH3 is 1. The molecule has 0 radical (unpaired) electrons. The monoisotopic (exact) mass is 382 g/mol. The Balaban J connectivity index is 1.40. The molecular formula is C21H26N4O3. The molecule has 1 N–H and O–H groups in total. The summed E-state index contributed by atoms with van der Waals surface area (Å²) in [5, 5.41) is 3.36. The second-order valence-electron chi connectivity index (χ2n) is 7.34. The molecule has 0 spiro atoms. The number of hydrogen-bond acceptors (Lipinski definition) is 6. The molecule has 1 fully saturated rings. The predicted octanol–water partition coefficient (Wildman–Crippen LogP) is 1.91. The SMILES string of the molecule is COc1cccc(OC(C)C(=O)N2CCc3nc(C4CCNC4)ncc3C2)c1. The summed E-state index contributed by atoms with van der Waals surface area (Å²) in [6.07, 6.45) is 3.16. The third-order valence-electron chi connectivity index (χ3n) is 5.39. The van der Waals surface area contributed by atoms with Gasteiger partial charge in [-0.25, -0.2) is 9.97 Å². The first kappa shape index (κ1) is 18.7. The molecule has 2 aromatic rings. The lowest BCUT2D eigenvalue weighted by Crippen LogP contribution is -2.43. The maximum absolute atomic E-state index is 12.9. The van der Waals surface area contributed by atoms with Crippen molar-refractivity contribution in [3.05, 3.63) is 47.5 Å². The highest BCUT2D eigenvalue weighted by Crippen LogP contribution is 2.24. The molecule has 3 heterocycles. The van der Waals surface area contributed by atoms with E-state index in [1.165, 1.54) is 0 Å². The zero-order valence-corrected chi connectivity index (χ0v) is 16.4. The van der Waals surface area contributed by atoms with Crippen LogP contribution >= 0.6 is 0 Å². The first-order chi connectivity index (χ1) is 13.6. The Labute approximate surface area is 165 Å². The third kappa shape index (κ3) is 3.94. The second kappa shape index (κ2) is 8.14. The summed E-state index contributed by atoms with van der Waals surface area (Å²) < 4.78 is 11.0. The standard InChI is InChI=1S/C21H26N4O3/c1-14(28-18-5-3-4-17(10-18)27-2)21(26)25-9-7-19-16(13-25)12-23-20(24-19)15-6-8-22-11-15/h3-5,10,12,14-15,22H,6-9,11,13H2,1-2H3. The predicted molar refractivity (Wildman–Crippen MR) is 104 cm³/mol. The van der Waals surface area contributed by atoms with Crippen LogP contribution in [0.2, 0.25) is 0 Å². The number of carbonyl (C=O) groups excluding carboxylic acids is 1. The van der Waals surface area contributed by atoms with Gasteiger partial charge in [-0.3, -0.25) is 4.79 Å². The summed E-state index contributed by atoms with van der Waals surface area (Å²) in [5.74, 6) is 2.63. The van der Waals surface area contributed by atoms with Crippen molar-refractivity contribution < 1.29 is 14.3 Å². The highest BCUT2D eigenvalue weighted by Gasteiger charge is 2.28. The molecule has 7 nitrogen and oxygen atoms in total. The van der Waals surface area contributed by atoms with E-state index in [0.29, 0.717) is 30.5 Å². The van der Waals surface area contributed by atoms with Crippen molar-refractivity contribution in [1.82, 2.24) is 20.2 Å². The molecule has 0 saturated carbocycles. The molecule has 2 aliphatic rings.